The summed E-state index contributed by atoms with van der Waals surface area (Å²) in [5, 5.41) is 3.03. The molecule has 1 aromatic heterocycles. The molecule has 29 heavy (non-hydrogen) atoms. The molecule has 0 saturated carbocycles. The van der Waals surface area contributed by atoms with E-state index in [4.69, 9.17) is 0 Å². The fourth-order valence-corrected chi connectivity index (χ4v) is 5.10. The summed E-state index contributed by atoms with van der Waals surface area (Å²) in [5.74, 6) is 0.443. The molecule has 5 heteroatoms. The molecule has 5 nitrogen and oxygen atoms in total. The third kappa shape index (κ3) is 3.91. The molecule has 1 fully saturated rings. The molecule has 2 aliphatic rings. The number of pyridine rings is 1. The number of fused-ring (bicyclic) bond motifs is 2. The van der Waals surface area contributed by atoms with E-state index >= 15 is 0 Å². The van der Waals surface area contributed by atoms with E-state index in [9.17, 15) is 9.59 Å². The molecular weight excluding hydrogens is 362 g/mol. The molecule has 1 saturated heterocycles. The molecule has 2 aromatic rings. The lowest BCUT2D eigenvalue weighted by Gasteiger charge is -2.40. The SMILES string of the molecule is CC(C)NC(=O)C[C@H]1CC2(CCN(C(=O)c3cccnc3)CC2)c2ccccc21. The highest BCUT2D eigenvalue weighted by Crippen LogP contribution is 2.52. The van der Waals surface area contributed by atoms with E-state index < -0.39 is 0 Å². The topological polar surface area (TPSA) is 62.3 Å². The van der Waals surface area contributed by atoms with Crippen LogP contribution in [-0.2, 0) is 10.2 Å². The predicted molar refractivity (Wildman–Crippen MR) is 113 cm³/mol. The largest absolute Gasteiger partial charge is 0.354 e. The third-order valence-corrected chi connectivity index (χ3v) is 6.41. The van der Waals surface area contributed by atoms with Crippen LogP contribution >= 0.6 is 0 Å². The summed E-state index contributed by atoms with van der Waals surface area (Å²) in [6.07, 6.45) is 6.74. The average molecular weight is 392 g/mol. The van der Waals surface area contributed by atoms with Crippen molar-refractivity contribution in [3.63, 3.8) is 0 Å². The second-order valence-corrected chi connectivity index (χ2v) is 8.73. The van der Waals surface area contributed by atoms with Crippen molar-refractivity contribution in [3.05, 3.63) is 65.5 Å². The van der Waals surface area contributed by atoms with Gasteiger partial charge in [0, 0.05) is 37.9 Å². The Bertz CT molecular complexity index is 886. The van der Waals surface area contributed by atoms with Crippen LogP contribution in [0.25, 0.3) is 0 Å². The lowest BCUT2D eigenvalue weighted by molar-refractivity contribution is -0.122. The first-order chi connectivity index (χ1) is 14.0. The van der Waals surface area contributed by atoms with E-state index in [1.807, 2.05) is 24.8 Å². The fourth-order valence-electron chi connectivity index (χ4n) is 5.10. The third-order valence-electron chi connectivity index (χ3n) is 6.41. The number of aromatic nitrogens is 1. The molecule has 1 atom stereocenters. The Labute approximate surface area is 172 Å². The van der Waals surface area contributed by atoms with Crippen LogP contribution in [0.2, 0.25) is 0 Å². The summed E-state index contributed by atoms with van der Waals surface area (Å²) in [4.78, 5) is 31.2. The molecule has 0 unspecified atom stereocenters. The summed E-state index contributed by atoms with van der Waals surface area (Å²) < 4.78 is 0. The highest BCUT2D eigenvalue weighted by molar-refractivity contribution is 5.94. The number of hydrogen-bond donors (Lipinski definition) is 1. The van der Waals surface area contributed by atoms with Crippen LogP contribution in [0.4, 0.5) is 0 Å². The van der Waals surface area contributed by atoms with Gasteiger partial charge < -0.3 is 10.2 Å². The highest BCUT2D eigenvalue weighted by atomic mass is 16.2. The van der Waals surface area contributed by atoms with Crippen molar-refractivity contribution in [3.8, 4) is 0 Å². The Morgan fingerprint density at radius 2 is 1.93 bits per heavy atom. The number of hydrogen-bond acceptors (Lipinski definition) is 3. The summed E-state index contributed by atoms with van der Waals surface area (Å²) in [7, 11) is 0. The number of carbonyl (C=O) groups excluding carboxylic acids is 2. The average Bonchev–Trinajstić information content (AvgIpc) is 3.01. The molecule has 1 aromatic carbocycles. The molecule has 152 valence electrons. The molecule has 0 bridgehead atoms. The number of nitrogens with zero attached hydrogens (tertiary/aromatic N) is 2. The molecule has 2 amide bonds. The Kier molecular flexibility index (Phi) is 5.39. The maximum atomic E-state index is 12.8. The summed E-state index contributed by atoms with van der Waals surface area (Å²) in [6, 6.07) is 12.4. The summed E-state index contributed by atoms with van der Waals surface area (Å²) in [6.45, 7) is 5.48. The van der Waals surface area contributed by atoms with Crippen LogP contribution < -0.4 is 5.32 Å². The molecule has 1 spiro atoms. The molecule has 1 aliphatic heterocycles. The van der Waals surface area contributed by atoms with Crippen LogP contribution in [-0.4, -0.2) is 40.8 Å². The summed E-state index contributed by atoms with van der Waals surface area (Å²) >= 11 is 0. The van der Waals surface area contributed by atoms with Crippen molar-refractivity contribution in [1.29, 1.82) is 0 Å². The van der Waals surface area contributed by atoms with Gasteiger partial charge in [-0.15, -0.1) is 0 Å². The van der Waals surface area contributed by atoms with E-state index in [0.29, 0.717) is 12.0 Å². The van der Waals surface area contributed by atoms with Crippen molar-refractivity contribution in [2.45, 2.75) is 56.9 Å². The number of piperidine rings is 1. The molecular formula is C24H29N3O2. The van der Waals surface area contributed by atoms with Gasteiger partial charge in [0.1, 0.15) is 0 Å². The van der Waals surface area contributed by atoms with Gasteiger partial charge in [-0.3, -0.25) is 14.6 Å². The molecule has 1 aliphatic carbocycles. The standard InChI is InChI=1S/C24H29N3O2/c1-17(2)26-22(28)14-19-15-24(21-8-4-3-7-20(19)21)9-12-27(13-10-24)23(29)18-6-5-11-25-16-18/h3-8,11,16-17,19H,9-10,12-15H2,1-2H3,(H,26,28)/t19-/m0/s1. The van der Waals surface area contributed by atoms with Crippen molar-refractivity contribution in [2.75, 3.05) is 13.1 Å². The maximum absolute atomic E-state index is 12.8. The Morgan fingerprint density at radius 3 is 2.62 bits per heavy atom. The summed E-state index contributed by atoms with van der Waals surface area (Å²) in [5.41, 5.74) is 3.43. The van der Waals surface area contributed by atoms with E-state index in [-0.39, 0.29) is 29.2 Å². The monoisotopic (exact) mass is 391 g/mol. The highest BCUT2D eigenvalue weighted by Gasteiger charge is 2.46. The number of benzene rings is 1. The first-order valence-corrected chi connectivity index (χ1v) is 10.6. The van der Waals surface area contributed by atoms with Gasteiger partial charge in [-0.1, -0.05) is 24.3 Å². The zero-order valence-electron chi connectivity index (χ0n) is 17.2. The number of likely N-dealkylation sites (tertiary alicyclic amines) is 1. The second kappa shape index (κ2) is 7.97. The van der Waals surface area contributed by atoms with Gasteiger partial charge in [0.25, 0.3) is 5.91 Å². The van der Waals surface area contributed by atoms with Crippen LogP contribution in [0.15, 0.2) is 48.8 Å². The smallest absolute Gasteiger partial charge is 0.255 e. The van der Waals surface area contributed by atoms with Crippen molar-refractivity contribution in [1.82, 2.24) is 15.2 Å². The second-order valence-electron chi connectivity index (χ2n) is 8.73. The number of carbonyl (C=O) groups is 2. The number of rotatable bonds is 4. The van der Waals surface area contributed by atoms with Gasteiger partial charge in [-0.2, -0.15) is 0 Å². The van der Waals surface area contributed by atoms with Crippen LogP contribution in [0.5, 0.6) is 0 Å². The Hall–Kier alpha value is -2.69. The van der Waals surface area contributed by atoms with Crippen LogP contribution in [0.1, 0.15) is 66.9 Å². The normalized spacial score (nSPS) is 20.0. The van der Waals surface area contributed by atoms with Gasteiger partial charge in [0.15, 0.2) is 0 Å². The molecule has 1 N–H and O–H groups in total. The van der Waals surface area contributed by atoms with Gasteiger partial charge in [-0.25, -0.2) is 0 Å². The lowest BCUT2D eigenvalue weighted by atomic mass is 9.73. The fraction of sp³-hybridized carbons (Fsp3) is 0.458. The first-order valence-electron chi connectivity index (χ1n) is 10.6. The number of nitrogens with one attached hydrogen (secondary N) is 1. The van der Waals surface area contributed by atoms with E-state index in [2.05, 4.69) is 34.6 Å². The molecule has 4 rings (SSSR count). The van der Waals surface area contributed by atoms with Crippen molar-refractivity contribution < 1.29 is 9.59 Å². The number of amides is 2. The lowest BCUT2D eigenvalue weighted by Crippen LogP contribution is -2.44. The van der Waals surface area contributed by atoms with Gasteiger partial charge in [0.2, 0.25) is 5.91 Å². The molecule has 2 heterocycles. The van der Waals surface area contributed by atoms with Crippen molar-refractivity contribution >= 4 is 11.8 Å². The minimum absolute atomic E-state index is 0.0621. The van der Waals surface area contributed by atoms with Gasteiger partial charge in [0.05, 0.1) is 5.56 Å². The predicted octanol–water partition coefficient (Wildman–Crippen LogP) is 3.66. The Morgan fingerprint density at radius 1 is 1.17 bits per heavy atom. The van der Waals surface area contributed by atoms with E-state index in [1.54, 1.807) is 18.5 Å². The first kappa shape index (κ1) is 19.6. The minimum Gasteiger partial charge on any atom is -0.354 e. The van der Waals surface area contributed by atoms with Crippen LogP contribution in [0.3, 0.4) is 0 Å². The quantitative estimate of drug-likeness (QED) is 0.865. The van der Waals surface area contributed by atoms with Gasteiger partial charge >= 0.3 is 0 Å². The zero-order valence-corrected chi connectivity index (χ0v) is 17.2. The molecule has 0 radical (unpaired) electrons. The van der Waals surface area contributed by atoms with Crippen molar-refractivity contribution in [2.24, 2.45) is 0 Å². The Balaban J connectivity index is 1.49. The van der Waals surface area contributed by atoms with Gasteiger partial charge in [-0.05, 0) is 67.7 Å². The zero-order chi connectivity index (χ0) is 20.4. The van der Waals surface area contributed by atoms with Crippen LogP contribution in [0, 0.1) is 0 Å². The maximum Gasteiger partial charge on any atom is 0.255 e. The van der Waals surface area contributed by atoms with E-state index in [1.165, 1.54) is 11.1 Å². The van der Waals surface area contributed by atoms with E-state index in [0.717, 1.165) is 32.4 Å². The minimum atomic E-state index is 0.0621.